The van der Waals surface area contributed by atoms with Crippen molar-refractivity contribution in [3.63, 3.8) is 0 Å². The van der Waals surface area contributed by atoms with Crippen molar-refractivity contribution in [1.29, 1.82) is 0 Å². The van der Waals surface area contributed by atoms with Crippen LogP contribution in [0.15, 0.2) is 30.6 Å². The molecule has 0 bridgehead atoms. The number of aromatic amines is 1. The summed E-state index contributed by atoms with van der Waals surface area (Å²) in [5, 5.41) is 5.87. The molecule has 0 aliphatic heterocycles. The number of nitrogens with zero attached hydrogens (tertiary/aromatic N) is 1. The molecule has 2 aliphatic carbocycles. The Bertz CT molecular complexity index is 797. The number of nitrogens with one attached hydrogen (secondary N) is 2. The van der Waals surface area contributed by atoms with Crippen molar-refractivity contribution in [2.24, 2.45) is 5.92 Å². The van der Waals surface area contributed by atoms with Gasteiger partial charge in [0.05, 0.1) is 17.0 Å². The van der Waals surface area contributed by atoms with Gasteiger partial charge < -0.3 is 10.3 Å². The van der Waals surface area contributed by atoms with Crippen LogP contribution < -0.4 is 16.0 Å². The third-order valence-corrected chi connectivity index (χ3v) is 6.06. The van der Waals surface area contributed by atoms with Gasteiger partial charge in [-0.2, -0.15) is 0 Å². The van der Waals surface area contributed by atoms with Crippen LogP contribution in [0.2, 0.25) is 0 Å². The van der Waals surface area contributed by atoms with E-state index in [-0.39, 0.29) is 0 Å². The Morgan fingerprint density at radius 1 is 1.08 bits per heavy atom. The number of hydrogen-bond donors (Lipinski definition) is 2. The largest absolute Gasteiger partial charge is 0.345 e. The van der Waals surface area contributed by atoms with Crippen molar-refractivity contribution in [3.8, 4) is 0 Å². The Hall–Kier alpha value is -1.87. The normalized spacial score (nSPS) is 20.2. The lowest BCUT2D eigenvalue weighted by Crippen LogP contribution is -2.28. The van der Waals surface area contributed by atoms with Crippen molar-refractivity contribution in [2.45, 2.75) is 63.8 Å². The molecule has 1 fully saturated rings. The van der Waals surface area contributed by atoms with Crippen LogP contribution >= 0.6 is 0 Å². The maximum atomic E-state index is 4.33. The highest BCUT2D eigenvalue weighted by Gasteiger charge is 2.13. The second kappa shape index (κ2) is 8.68. The molecule has 138 valence electrons. The van der Waals surface area contributed by atoms with Gasteiger partial charge in [-0.3, -0.25) is 0 Å². The van der Waals surface area contributed by atoms with Gasteiger partial charge in [0, 0.05) is 12.5 Å². The minimum absolute atomic E-state index is 0.459. The molecule has 0 radical (unpaired) electrons. The standard InChI is InChI=1S/C23H31N3/c1-2-5-18(6-3-1)7-4-14-24-16-19-8-10-20(11-9-19)21-12-13-22-23(15-21)26-17-25-22/h8-11,13,15,17-18,21,24H,1-7,12,14,16H2,(H,25,26). The minimum Gasteiger partial charge on any atom is -0.345 e. The summed E-state index contributed by atoms with van der Waals surface area (Å²) in [4.78, 5) is 7.55. The van der Waals surface area contributed by atoms with Crippen LogP contribution in [0.3, 0.4) is 0 Å². The van der Waals surface area contributed by atoms with Gasteiger partial charge in [0.25, 0.3) is 0 Å². The summed E-state index contributed by atoms with van der Waals surface area (Å²) in [6.07, 6.45) is 17.4. The van der Waals surface area contributed by atoms with Crippen molar-refractivity contribution in [3.05, 3.63) is 52.4 Å². The zero-order valence-corrected chi connectivity index (χ0v) is 15.7. The second-order valence-electron chi connectivity index (χ2n) is 7.98. The quantitative estimate of drug-likeness (QED) is 0.750. The molecule has 1 heterocycles. The SMILES string of the molecule is C1=c2nc[nH]c2=CC(c2ccc(CNCCCC3CCCCC3)cc2)C1. The molecule has 0 amide bonds. The van der Waals surface area contributed by atoms with E-state index in [1.165, 1.54) is 56.1 Å². The lowest BCUT2D eigenvalue weighted by atomic mass is 9.86. The summed E-state index contributed by atoms with van der Waals surface area (Å²) in [5.41, 5.74) is 2.77. The Morgan fingerprint density at radius 2 is 1.92 bits per heavy atom. The summed E-state index contributed by atoms with van der Waals surface area (Å²) < 4.78 is 0. The number of imidazole rings is 1. The molecule has 2 aliphatic rings. The zero-order valence-electron chi connectivity index (χ0n) is 15.7. The van der Waals surface area contributed by atoms with E-state index < -0.39 is 0 Å². The molecule has 1 aromatic carbocycles. The van der Waals surface area contributed by atoms with E-state index in [0.29, 0.717) is 5.92 Å². The first-order valence-electron chi connectivity index (χ1n) is 10.4. The lowest BCUT2D eigenvalue weighted by Gasteiger charge is -2.21. The maximum Gasteiger partial charge on any atom is 0.0931 e. The lowest BCUT2D eigenvalue weighted by molar-refractivity contribution is 0.330. The van der Waals surface area contributed by atoms with Gasteiger partial charge in [-0.05, 0) is 42.9 Å². The summed E-state index contributed by atoms with van der Waals surface area (Å²) in [6, 6.07) is 9.13. The second-order valence-corrected chi connectivity index (χ2v) is 7.98. The number of fused-ring (bicyclic) bond motifs is 1. The molecule has 0 spiro atoms. The Morgan fingerprint density at radius 3 is 2.77 bits per heavy atom. The zero-order chi connectivity index (χ0) is 17.6. The number of H-pyrrole nitrogens is 1. The van der Waals surface area contributed by atoms with Gasteiger partial charge in [-0.15, -0.1) is 0 Å². The van der Waals surface area contributed by atoms with Crippen LogP contribution in [0.25, 0.3) is 12.2 Å². The molecule has 26 heavy (non-hydrogen) atoms. The van der Waals surface area contributed by atoms with Crippen LogP contribution in [0.5, 0.6) is 0 Å². The topological polar surface area (TPSA) is 40.7 Å². The predicted molar refractivity (Wildman–Crippen MR) is 108 cm³/mol. The molecule has 1 atom stereocenters. The van der Waals surface area contributed by atoms with E-state index in [1.807, 2.05) is 0 Å². The molecule has 3 heteroatoms. The van der Waals surface area contributed by atoms with Crippen LogP contribution in [-0.2, 0) is 6.54 Å². The summed E-state index contributed by atoms with van der Waals surface area (Å²) >= 11 is 0. The summed E-state index contributed by atoms with van der Waals surface area (Å²) in [6.45, 7) is 2.13. The molecule has 1 unspecified atom stereocenters. The molecular formula is C23H31N3. The predicted octanol–water partition coefficient (Wildman–Crippen LogP) is 3.61. The van der Waals surface area contributed by atoms with E-state index in [2.05, 4.69) is 51.7 Å². The Labute approximate surface area is 156 Å². The van der Waals surface area contributed by atoms with Crippen LogP contribution in [0.4, 0.5) is 0 Å². The van der Waals surface area contributed by atoms with Gasteiger partial charge in [0.2, 0.25) is 0 Å². The minimum atomic E-state index is 0.459. The van der Waals surface area contributed by atoms with E-state index in [0.717, 1.165) is 36.1 Å². The highest BCUT2D eigenvalue weighted by Crippen LogP contribution is 2.27. The number of aromatic nitrogens is 2. The fourth-order valence-corrected chi connectivity index (χ4v) is 4.46. The molecule has 1 saturated carbocycles. The molecular weight excluding hydrogens is 318 g/mol. The molecule has 2 N–H and O–H groups in total. The summed E-state index contributed by atoms with van der Waals surface area (Å²) in [7, 11) is 0. The number of benzene rings is 1. The molecule has 3 nitrogen and oxygen atoms in total. The van der Waals surface area contributed by atoms with E-state index in [1.54, 1.807) is 6.33 Å². The highest BCUT2D eigenvalue weighted by atomic mass is 14.9. The maximum absolute atomic E-state index is 4.33. The first-order chi connectivity index (χ1) is 12.9. The van der Waals surface area contributed by atoms with Crippen molar-refractivity contribution >= 4 is 12.2 Å². The third kappa shape index (κ3) is 4.45. The third-order valence-electron chi connectivity index (χ3n) is 6.06. The molecule has 0 saturated heterocycles. The van der Waals surface area contributed by atoms with Crippen LogP contribution in [0.1, 0.15) is 68.4 Å². The van der Waals surface area contributed by atoms with Gasteiger partial charge >= 0.3 is 0 Å². The smallest absolute Gasteiger partial charge is 0.0931 e. The Kier molecular flexibility index (Phi) is 5.85. The Balaban J connectivity index is 1.22. The number of hydrogen-bond acceptors (Lipinski definition) is 2. The van der Waals surface area contributed by atoms with E-state index in [4.69, 9.17) is 0 Å². The monoisotopic (exact) mass is 349 g/mol. The van der Waals surface area contributed by atoms with Crippen molar-refractivity contribution in [2.75, 3.05) is 6.54 Å². The fourth-order valence-electron chi connectivity index (χ4n) is 4.46. The van der Waals surface area contributed by atoms with Crippen molar-refractivity contribution < 1.29 is 0 Å². The van der Waals surface area contributed by atoms with Gasteiger partial charge in [-0.1, -0.05) is 68.5 Å². The average Bonchev–Trinajstić information content (AvgIpc) is 3.17. The van der Waals surface area contributed by atoms with Crippen LogP contribution in [0, 0.1) is 5.92 Å². The molecule has 2 aromatic rings. The fraction of sp³-hybridized carbons (Fsp3) is 0.522. The van der Waals surface area contributed by atoms with Gasteiger partial charge in [-0.25, -0.2) is 4.98 Å². The van der Waals surface area contributed by atoms with Crippen LogP contribution in [-0.4, -0.2) is 16.5 Å². The first kappa shape index (κ1) is 17.5. The number of rotatable bonds is 7. The summed E-state index contributed by atoms with van der Waals surface area (Å²) in [5.74, 6) is 1.46. The molecule has 4 rings (SSSR count). The van der Waals surface area contributed by atoms with Crippen molar-refractivity contribution in [1.82, 2.24) is 15.3 Å². The molecule has 1 aromatic heterocycles. The van der Waals surface area contributed by atoms with E-state index in [9.17, 15) is 0 Å². The first-order valence-corrected chi connectivity index (χ1v) is 10.4. The highest BCUT2D eigenvalue weighted by molar-refractivity contribution is 5.46. The van der Waals surface area contributed by atoms with Gasteiger partial charge in [0.1, 0.15) is 0 Å². The average molecular weight is 350 g/mol. The van der Waals surface area contributed by atoms with E-state index >= 15 is 0 Å². The van der Waals surface area contributed by atoms with Gasteiger partial charge in [0.15, 0.2) is 0 Å².